The van der Waals surface area contributed by atoms with Crippen LogP contribution in [-0.4, -0.2) is 20.9 Å². The number of aryl methyl sites for hydroxylation is 2. The standard InChI is InChI=1S/C19H22N2O3S/c1-13-6-4-7-17(15(13)3)20-25(23,24)18-10-9-16(12-14(18)2)21-11-5-8-19(21)22/h4,6-7,9-10,12,20H,5,8,11H2,1-3H3. The quantitative estimate of drug-likeness (QED) is 0.909. The van der Waals surface area contributed by atoms with Gasteiger partial charge in [0, 0.05) is 18.7 Å². The van der Waals surface area contributed by atoms with Gasteiger partial charge in [-0.3, -0.25) is 9.52 Å². The average Bonchev–Trinajstić information content (AvgIpc) is 2.97. The first-order valence-corrected chi connectivity index (χ1v) is 9.78. The molecular weight excluding hydrogens is 336 g/mol. The number of carbonyl (C=O) groups excluding carboxylic acids is 1. The second-order valence-corrected chi connectivity index (χ2v) is 8.10. The lowest BCUT2D eigenvalue weighted by atomic mass is 10.1. The van der Waals surface area contributed by atoms with Crippen LogP contribution in [0, 0.1) is 20.8 Å². The van der Waals surface area contributed by atoms with Crippen molar-refractivity contribution in [2.45, 2.75) is 38.5 Å². The van der Waals surface area contributed by atoms with Crippen molar-refractivity contribution in [1.29, 1.82) is 0 Å². The van der Waals surface area contributed by atoms with Crippen LogP contribution in [0.3, 0.4) is 0 Å². The number of nitrogens with one attached hydrogen (secondary N) is 1. The number of benzene rings is 2. The first-order valence-electron chi connectivity index (χ1n) is 8.29. The number of amides is 1. The summed E-state index contributed by atoms with van der Waals surface area (Å²) >= 11 is 0. The number of anilines is 2. The number of hydrogen-bond donors (Lipinski definition) is 1. The summed E-state index contributed by atoms with van der Waals surface area (Å²) in [5.74, 6) is 0.0866. The molecule has 3 rings (SSSR count). The van der Waals surface area contributed by atoms with Crippen molar-refractivity contribution in [3.8, 4) is 0 Å². The lowest BCUT2D eigenvalue weighted by Gasteiger charge is -2.18. The Bertz CT molecular complexity index is 936. The molecule has 1 fully saturated rings. The molecule has 2 aromatic carbocycles. The van der Waals surface area contributed by atoms with Crippen LogP contribution >= 0.6 is 0 Å². The molecule has 1 heterocycles. The highest BCUT2D eigenvalue weighted by molar-refractivity contribution is 7.92. The zero-order valence-corrected chi connectivity index (χ0v) is 15.5. The Morgan fingerprint density at radius 1 is 1.04 bits per heavy atom. The summed E-state index contributed by atoms with van der Waals surface area (Å²) in [6, 6.07) is 10.6. The Kier molecular flexibility index (Phi) is 4.56. The highest BCUT2D eigenvalue weighted by atomic mass is 32.2. The van der Waals surface area contributed by atoms with Crippen LogP contribution < -0.4 is 9.62 Å². The molecule has 1 amide bonds. The molecule has 1 aliphatic rings. The van der Waals surface area contributed by atoms with Gasteiger partial charge in [-0.05, 0) is 68.1 Å². The minimum Gasteiger partial charge on any atom is -0.312 e. The number of rotatable bonds is 4. The zero-order chi connectivity index (χ0) is 18.2. The summed E-state index contributed by atoms with van der Waals surface area (Å²) in [4.78, 5) is 13.8. The SMILES string of the molecule is Cc1cc(N2CCCC2=O)ccc1S(=O)(=O)Nc1cccc(C)c1C. The lowest BCUT2D eigenvalue weighted by Crippen LogP contribution is -2.24. The van der Waals surface area contributed by atoms with E-state index < -0.39 is 10.0 Å². The van der Waals surface area contributed by atoms with E-state index in [1.165, 1.54) is 0 Å². The molecule has 0 aromatic heterocycles. The summed E-state index contributed by atoms with van der Waals surface area (Å²) < 4.78 is 28.3. The fourth-order valence-corrected chi connectivity index (χ4v) is 4.44. The number of hydrogen-bond acceptors (Lipinski definition) is 3. The highest BCUT2D eigenvalue weighted by Crippen LogP contribution is 2.28. The normalized spacial score (nSPS) is 14.8. The van der Waals surface area contributed by atoms with Crippen molar-refractivity contribution in [2.75, 3.05) is 16.2 Å². The predicted octanol–water partition coefficient (Wildman–Crippen LogP) is 3.54. The van der Waals surface area contributed by atoms with Gasteiger partial charge in [0.1, 0.15) is 0 Å². The van der Waals surface area contributed by atoms with Crippen LogP contribution in [0.15, 0.2) is 41.3 Å². The van der Waals surface area contributed by atoms with Crippen LogP contribution in [-0.2, 0) is 14.8 Å². The van der Waals surface area contributed by atoms with Gasteiger partial charge in [0.2, 0.25) is 5.91 Å². The number of nitrogens with zero attached hydrogens (tertiary/aromatic N) is 1. The van der Waals surface area contributed by atoms with E-state index in [1.807, 2.05) is 26.0 Å². The molecule has 0 radical (unpaired) electrons. The second-order valence-electron chi connectivity index (χ2n) is 6.45. The molecule has 0 saturated carbocycles. The fourth-order valence-electron chi connectivity index (χ4n) is 3.09. The summed E-state index contributed by atoms with van der Waals surface area (Å²) in [6.45, 7) is 6.27. The Hall–Kier alpha value is -2.34. The fraction of sp³-hybridized carbons (Fsp3) is 0.316. The van der Waals surface area contributed by atoms with E-state index in [0.29, 0.717) is 24.2 Å². The first-order chi connectivity index (χ1) is 11.8. The Balaban J connectivity index is 1.92. The number of carbonyl (C=O) groups is 1. The first kappa shape index (κ1) is 17.5. The molecule has 0 unspecified atom stereocenters. The minimum absolute atomic E-state index is 0.0866. The van der Waals surface area contributed by atoms with E-state index in [1.54, 1.807) is 36.1 Å². The molecule has 132 valence electrons. The second kappa shape index (κ2) is 6.52. The third kappa shape index (κ3) is 3.39. The minimum atomic E-state index is -3.69. The molecule has 5 nitrogen and oxygen atoms in total. The van der Waals surface area contributed by atoms with E-state index in [0.717, 1.165) is 23.2 Å². The predicted molar refractivity (Wildman–Crippen MR) is 99.5 cm³/mol. The third-order valence-electron chi connectivity index (χ3n) is 4.68. The molecule has 0 atom stereocenters. The van der Waals surface area contributed by atoms with E-state index in [-0.39, 0.29) is 10.8 Å². The lowest BCUT2D eigenvalue weighted by molar-refractivity contribution is -0.117. The van der Waals surface area contributed by atoms with Crippen molar-refractivity contribution in [1.82, 2.24) is 0 Å². The van der Waals surface area contributed by atoms with Gasteiger partial charge in [-0.2, -0.15) is 0 Å². The Morgan fingerprint density at radius 3 is 2.44 bits per heavy atom. The molecule has 25 heavy (non-hydrogen) atoms. The third-order valence-corrected chi connectivity index (χ3v) is 6.21. The van der Waals surface area contributed by atoms with E-state index in [4.69, 9.17) is 0 Å². The molecular formula is C19H22N2O3S. The maximum Gasteiger partial charge on any atom is 0.262 e. The molecule has 6 heteroatoms. The summed E-state index contributed by atoms with van der Waals surface area (Å²) in [6.07, 6.45) is 1.39. The topological polar surface area (TPSA) is 66.5 Å². The van der Waals surface area contributed by atoms with E-state index >= 15 is 0 Å². The van der Waals surface area contributed by atoms with Crippen molar-refractivity contribution in [2.24, 2.45) is 0 Å². The molecule has 1 aliphatic heterocycles. The zero-order valence-electron chi connectivity index (χ0n) is 14.7. The van der Waals surface area contributed by atoms with Crippen molar-refractivity contribution in [3.05, 3.63) is 53.1 Å². The van der Waals surface area contributed by atoms with Crippen molar-refractivity contribution < 1.29 is 13.2 Å². The Morgan fingerprint density at radius 2 is 1.80 bits per heavy atom. The maximum absolute atomic E-state index is 12.8. The summed E-state index contributed by atoms with van der Waals surface area (Å²) in [7, 11) is -3.69. The smallest absolute Gasteiger partial charge is 0.262 e. The van der Waals surface area contributed by atoms with Gasteiger partial charge in [-0.15, -0.1) is 0 Å². The average molecular weight is 358 g/mol. The van der Waals surface area contributed by atoms with Crippen LogP contribution in [0.4, 0.5) is 11.4 Å². The van der Waals surface area contributed by atoms with Crippen LogP contribution in [0.2, 0.25) is 0 Å². The van der Waals surface area contributed by atoms with Crippen molar-refractivity contribution >= 4 is 27.3 Å². The van der Waals surface area contributed by atoms with Gasteiger partial charge in [0.25, 0.3) is 10.0 Å². The molecule has 1 saturated heterocycles. The molecule has 2 aromatic rings. The largest absolute Gasteiger partial charge is 0.312 e. The molecule has 0 aliphatic carbocycles. The van der Waals surface area contributed by atoms with E-state index in [2.05, 4.69) is 4.72 Å². The van der Waals surface area contributed by atoms with Gasteiger partial charge in [-0.25, -0.2) is 8.42 Å². The van der Waals surface area contributed by atoms with Gasteiger partial charge >= 0.3 is 0 Å². The Labute approximate surface area is 148 Å². The molecule has 1 N–H and O–H groups in total. The molecule has 0 spiro atoms. The van der Waals surface area contributed by atoms with Crippen molar-refractivity contribution in [3.63, 3.8) is 0 Å². The monoisotopic (exact) mass is 358 g/mol. The maximum atomic E-state index is 12.8. The van der Waals surface area contributed by atoms with E-state index in [9.17, 15) is 13.2 Å². The van der Waals surface area contributed by atoms with Gasteiger partial charge in [0.15, 0.2) is 0 Å². The summed E-state index contributed by atoms with van der Waals surface area (Å²) in [5, 5.41) is 0. The number of sulfonamides is 1. The van der Waals surface area contributed by atoms with Gasteiger partial charge in [-0.1, -0.05) is 12.1 Å². The van der Waals surface area contributed by atoms with Gasteiger partial charge in [0.05, 0.1) is 10.6 Å². The molecule has 0 bridgehead atoms. The van der Waals surface area contributed by atoms with Crippen LogP contribution in [0.1, 0.15) is 29.5 Å². The van der Waals surface area contributed by atoms with Crippen LogP contribution in [0.5, 0.6) is 0 Å². The van der Waals surface area contributed by atoms with Gasteiger partial charge < -0.3 is 4.90 Å². The van der Waals surface area contributed by atoms with Crippen LogP contribution in [0.25, 0.3) is 0 Å². The summed E-state index contributed by atoms with van der Waals surface area (Å²) in [5.41, 5.74) is 3.89. The highest BCUT2D eigenvalue weighted by Gasteiger charge is 2.24.